The van der Waals surface area contributed by atoms with Crippen molar-refractivity contribution in [3.8, 4) is 0 Å². The minimum Gasteiger partial charge on any atom is -0.350 e. The minimum absolute atomic E-state index is 0.0404. The van der Waals surface area contributed by atoms with Crippen molar-refractivity contribution < 1.29 is 18.8 Å². The molecule has 2 amide bonds. The van der Waals surface area contributed by atoms with Crippen LogP contribution in [0.2, 0.25) is 0 Å². The Morgan fingerprint density at radius 1 is 1.00 bits per heavy atom. The van der Waals surface area contributed by atoms with Crippen LogP contribution in [-0.2, 0) is 16.1 Å². The molecule has 0 spiro atoms. The summed E-state index contributed by atoms with van der Waals surface area (Å²) in [6.45, 7) is 0.939. The molecule has 146 valence electrons. The zero-order valence-corrected chi connectivity index (χ0v) is 15.6. The van der Waals surface area contributed by atoms with Gasteiger partial charge in [-0.3, -0.25) is 14.4 Å². The molecule has 1 fully saturated rings. The third-order valence-corrected chi connectivity index (χ3v) is 4.92. The van der Waals surface area contributed by atoms with Crippen LogP contribution in [0.5, 0.6) is 0 Å². The van der Waals surface area contributed by atoms with Crippen molar-refractivity contribution in [3.05, 3.63) is 71.5 Å². The summed E-state index contributed by atoms with van der Waals surface area (Å²) in [6.07, 6.45) is 1.47. The molecular weight excluding hydrogens is 359 g/mol. The number of rotatable bonds is 7. The van der Waals surface area contributed by atoms with Crippen LogP contribution in [0.1, 0.15) is 41.6 Å². The Bertz CT molecular complexity index is 837. The van der Waals surface area contributed by atoms with Gasteiger partial charge in [-0.1, -0.05) is 30.3 Å². The third kappa shape index (κ3) is 5.03. The van der Waals surface area contributed by atoms with Gasteiger partial charge in [0.05, 0.1) is 0 Å². The van der Waals surface area contributed by atoms with Crippen LogP contribution < -0.4 is 5.32 Å². The van der Waals surface area contributed by atoms with Crippen molar-refractivity contribution in [1.29, 1.82) is 0 Å². The second kappa shape index (κ2) is 9.26. The molecule has 0 aliphatic carbocycles. The number of amides is 2. The summed E-state index contributed by atoms with van der Waals surface area (Å²) in [6, 6.07) is 14.4. The molecule has 1 N–H and O–H groups in total. The largest absolute Gasteiger partial charge is 0.350 e. The first-order valence-corrected chi connectivity index (χ1v) is 9.44. The maximum atomic E-state index is 12.9. The number of ketones is 1. The van der Waals surface area contributed by atoms with E-state index in [0.29, 0.717) is 25.1 Å². The smallest absolute Gasteiger partial charge is 0.243 e. The molecule has 0 saturated carbocycles. The lowest BCUT2D eigenvalue weighted by molar-refractivity contribution is -0.138. The van der Waals surface area contributed by atoms with E-state index in [4.69, 9.17) is 0 Å². The van der Waals surface area contributed by atoms with Crippen LogP contribution in [0.3, 0.4) is 0 Å². The normalized spacial score (nSPS) is 16.0. The number of nitrogens with zero attached hydrogens (tertiary/aromatic N) is 1. The van der Waals surface area contributed by atoms with E-state index in [-0.39, 0.29) is 30.4 Å². The highest BCUT2D eigenvalue weighted by atomic mass is 19.1. The standard InChI is InChI=1S/C22H23FN2O3/c23-18-10-8-17(9-11-18)20(26)12-13-21(27)25-14-4-7-19(25)22(28)24-15-16-5-2-1-3-6-16/h1-3,5-6,8-11,19H,4,7,12-15H2,(H,24,28)/t19-/m0/s1. The van der Waals surface area contributed by atoms with Crippen molar-refractivity contribution in [1.82, 2.24) is 10.2 Å². The SMILES string of the molecule is O=C(CCC(=O)N1CCC[C@H]1C(=O)NCc1ccccc1)c1ccc(F)cc1. The van der Waals surface area contributed by atoms with Crippen LogP contribution in [0.15, 0.2) is 54.6 Å². The molecule has 0 bridgehead atoms. The first-order valence-electron chi connectivity index (χ1n) is 9.44. The fourth-order valence-electron chi connectivity index (χ4n) is 3.38. The van der Waals surface area contributed by atoms with Gasteiger partial charge in [-0.25, -0.2) is 4.39 Å². The lowest BCUT2D eigenvalue weighted by Gasteiger charge is -2.24. The van der Waals surface area contributed by atoms with Crippen molar-refractivity contribution in [3.63, 3.8) is 0 Å². The first-order chi connectivity index (χ1) is 13.5. The van der Waals surface area contributed by atoms with Crippen molar-refractivity contribution in [2.75, 3.05) is 6.54 Å². The van der Waals surface area contributed by atoms with Crippen LogP contribution >= 0.6 is 0 Å². The minimum atomic E-state index is -0.489. The molecule has 0 unspecified atom stereocenters. The Morgan fingerprint density at radius 3 is 2.43 bits per heavy atom. The first kappa shape index (κ1) is 19.7. The number of Topliss-reactive ketones (excluding diaryl/α,β-unsaturated/α-hetero) is 1. The molecule has 0 radical (unpaired) electrons. The van der Waals surface area contributed by atoms with Crippen LogP contribution in [0.25, 0.3) is 0 Å². The zero-order chi connectivity index (χ0) is 19.9. The number of likely N-dealkylation sites (tertiary alicyclic amines) is 1. The number of carbonyl (C=O) groups excluding carboxylic acids is 3. The van der Waals surface area contributed by atoms with E-state index < -0.39 is 11.9 Å². The fraction of sp³-hybridized carbons (Fsp3) is 0.318. The van der Waals surface area contributed by atoms with E-state index in [1.165, 1.54) is 24.3 Å². The van der Waals surface area contributed by atoms with E-state index in [9.17, 15) is 18.8 Å². The van der Waals surface area contributed by atoms with Crippen LogP contribution in [0.4, 0.5) is 4.39 Å². The molecule has 1 heterocycles. The summed E-state index contributed by atoms with van der Waals surface area (Å²) in [5, 5.41) is 2.89. The maximum Gasteiger partial charge on any atom is 0.243 e. The molecule has 1 atom stereocenters. The summed E-state index contributed by atoms with van der Waals surface area (Å²) in [5.41, 5.74) is 1.38. The summed E-state index contributed by atoms with van der Waals surface area (Å²) in [7, 11) is 0. The van der Waals surface area contributed by atoms with Crippen molar-refractivity contribution in [2.24, 2.45) is 0 Å². The zero-order valence-electron chi connectivity index (χ0n) is 15.6. The maximum absolute atomic E-state index is 12.9. The van der Waals surface area contributed by atoms with Gasteiger partial charge < -0.3 is 10.2 Å². The van der Waals surface area contributed by atoms with E-state index in [2.05, 4.69) is 5.32 Å². The van der Waals surface area contributed by atoms with Gasteiger partial charge in [0.25, 0.3) is 0 Å². The van der Waals surface area contributed by atoms with E-state index in [1.54, 1.807) is 4.90 Å². The molecule has 3 rings (SSSR count). The van der Waals surface area contributed by atoms with Gasteiger partial charge in [0.15, 0.2) is 5.78 Å². The molecule has 2 aromatic rings. The molecule has 1 aliphatic rings. The van der Waals surface area contributed by atoms with E-state index in [1.807, 2.05) is 30.3 Å². The number of carbonyl (C=O) groups is 3. The number of hydrogen-bond acceptors (Lipinski definition) is 3. The fourth-order valence-corrected chi connectivity index (χ4v) is 3.38. The van der Waals surface area contributed by atoms with Crippen LogP contribution in [-0.4, -0.2) is 35.1 Å². The molecule has 28 heavy (non-hydrogen) atoms. The van der Waals surface area contributed by atoms with Gasteiger partial charge in [0.2, 0.25) is 11.8 Å². The number of halogens is 1. The third-order valence-electron chi connectivity index (χ3n) is 4.92. The topological polar surface area (TPSA) is 66.5 Å². The summed E-state index contributed by atoms with van der Waals surface area (Å²) >= 11 is 0. The highest BCUT2D eigenvalue weighted by Crippen LogP contribution is 2.20. The monoisotopic (exact) mass is 382 g/mol. The summed E-state index contributed by atoms with van der Waals surface area (Å²) in [5.74, 6) is -0.987. The number of benzene rings is 2. The number of nitrogens with one attached hydrogen (secondary N) is 1. The average molecular weight is 382 g/mol. The summed E-state index contributed by atoms with van der Waals surface area (Å²) in [4.78, 5) is 38.8. The second-order valence-corrected chi connectivity index (χ2v) is 6.88. The Balaban J connectivity index is 1.51. The van der Waals surface area contributed by atoms with Gasteiger partial charge in [-0.2, -0.15) is 0 Å². The van der Waals surface area contributed by atoms with Crippen molar-refractivity contribution in [2.45, 2.75) is 38.3 Å². The van der Waals surface area contributed by atoms with Crippen molar-refractivity contribution >= 4 is 17.6 Å². The van der Waals surface area contributed by atoms with E-state index >= 15 is 0 Å². The van der Waals surface area contributed by atoms with Gasteiger partial charge in [0, 0.05) is 31.5 Å². The molecular formula is C22H23FN2O3. The van der Waals surface area contributed by atoms with E-state index in [0.717, 1.165) is 12.0 Å². The second-order valence-electron chi connectivity index (χ2n) is 6.88. The van der Waals surface area contributed by atoms with Gasteiger partial charge in [-0.05, 0) is 42.7 Å². The highest BCUT2D eigenvalue weighted by Gasteiger charge is 2.33. The van der Waals surface area contributed by atoms with Gasteiger partial charge in [0.1, 0.15) is 11.9 Å². The summed E-state index contributed by atoms with van der Waals surface area (Å²) < 4.78 is 12.9. The molecule has 1 aliphatic heterocycles. The van der Waals surface area contributed by atoms with Gasteiger partial charge in [-0.15, -0.1) is 0 Å². The lowest BCUT2D eigenvalue weighted by atomic mass is 10.1. The molecule has 1 saturated heterocycles. The lowest BCUT2D eigenvalue weighted by Crippen LogP contribution is -2.45. The molecule has 5 nitrogen and oxygen atoms in total. The molecule has 2 aromatic carbocycles. The Hall–Kier alpha value is -3.02. The molecule has 0 aromatic heterocycles. The average Bonchev–Trinajstić information content (AvgIpc) is 3.21. The van der Waals surface area contributed by atoms with Crippen LogP contribution in [0, 0.1) is 5.82 Å². The van der Waals surface area contributed by atoms with Gasteiger partial charge >= 0.3 is 0 Å². The molecule has 6 heteroatoms. The quantitative estimate of drug-likeness (QED) is 0.749. The Morgan fingerprint density at radius 2 is 1.71 bits per heavy atom. The predicted octanol–water partition coefficient (Wildman–Crippen LogP) is 3.10. The Labute approximate surface area is 163 Å². The predicted molar refractivity (Wildman–Crippen MR) is 103 cm³/mol. The number of hydrogen-bond donors (Lipinski definition) is 1. The highest BCUT2D eigenvalue weighted by molar-refractivity contribution is 5.98. The Kier molecular flexibility index (Phi) is 6.53.